The molecule has 0 aliphatic carbocycles. The number of ether oxygens (including phenoxy) is 2. The molecule has 2 amide bonds. The van der Waals surface area contributed by atoms with Crippen LogP contribution in [0.3, 0.4) is 0 Å². The van der Waals surface area contributed by atoms with E-state index in [1.165, 1.54) is 27.6 Å². The van der Waals surface area contributed by atoms with Crippen LogP contribution in [0.1, 0.15) is 50.9 Å². The molecule has 0 unspecified atom stereocenters. The maximum atomic E-state index is 12.6. The minimum atomic E-state index is -0.497. The third kappa shape index (κ3) is 4.98. The van der Waals surface area contributed by atoms with E-state index in [0.717, 1.165) is 48.6 Å². The van der Waals surface area contributed by atoms with Crippen molar-refractivity contribution in [3.8, 4) is 16.9 Å². The molecule has 3 aromatic rings. The lowest BCUT2D eigenvalue weighted by molar-refractivity contribution is -0.129. The minimum Gasteiger partial charge on any atom is -0.497 e. The summed E-state index contributed by atoms with van der Waals surface area (Å²) in [5.41, 5.74) is 5.37. The number of likely N-dealkylation sites (tertiary alicyclic amines) is 1. The van der Waals surface area contributed by atoms with Crippen LogP contribution in [0, 0.1) is 12.3 Å². The predicted octanol–water partition coefficient (Wildman–Crippen LogP) is 5.57. The van der Waals surface area contributed by atoms with Crippen molar-refractivity contribution < 1.29 is 19.1 Å². The maximum absolute atomic E-state index is 12.6. The summed E-state index contributed by atoms with van der Waals surface area (Å²) < 4.78 is 11.1. The van der Waals surface area contributed by atoms with E-state index in [9.17, 15) is 9.59 Å². The summed E-state index contributed by atoms with van der Waals surface area (Å²) in [5.74, 6) is 1.90. The van der Waals surface area contributed by atoms with Crippen molar-refractivity contribution in [3.63, 3.8) is 0 Å². The van der Waals surface area contributed by atoms with Crippen LogP contribution >= 0.6 is 0 Å². The number of anilines is 1. The highest BCUT2D eigenvalue weighted by Crippen LogP contribution is 2.45. The third-order valence-corrected chi connectivity index (χ3v) is 8.82. The molecule has 2 aromatic carbocycles. The van der Waals surface area contributed by atoms with Gasteiger partial charge in [0, 0.05) is 45.1 Å². The zero-order valence-electron chi connectivity index (χ0n) is 25.0. The second-order valence-corrected chi connectivity index (χ2v) is 13.0. The average molecular weight is 557 g/mol. The molecule has 0 saturated carbocycles. The monoisotopic (exact) mass is 556 g/mol. The molecule has 0 radical (unpaired) electrons. The summed E-state index contributed by atoms with van der Waals surface area (Å²) in [4.78, 5) is 36.3. The SMILES string of the molecule is COc1ccc2c(-c3c(C)c(N4CCC5(CN(C(=O)OC(C)(C)C)C5)C4)nc4c3CCN(C(C)=O)C4)cccc2c1. The van der Waals surface area contributed by atoms with Gasteiger partial charge >= 0.3 is 6.09 Å². The highest BCUT2D eigenvalue weighted by atomic mass is 16.6. The molecule has 0 bridgehead atoms. The number of pyridine rings is 1. The van der Waals surface area contributed by atoms with Gasteiger partial charge < -0.3 is 24.2 Å². The lowest BCUT2D eigenvalue weighted by Gasteiger charge is -2.47. The van der Waals surface area contributed by atoms with Crippen molar-refractivity contribution in [3.05, 3.63) is 53.2 Å². The summed E-state index contributed by atoms with van der Waals surface area (Å²) >= 11 is 0. The van der Waals surface area contributed by atoms with Gasteiger partial charge in [-0.15, -0.1) is 0 Å². The zero-order chi connectivity index (χ0) is 29.1. The van der Waals surface area contributed by atoms with Crippen LogP contribution in [0.5, 0.6) is 5.75 Å². The van der Waals surface area contributed by atoms with Gasteiger partial charge in [0.05, 0.1) is 19.3 Å². The predicted molar refractivity (Wildman–Crippen MR) is 160 cm³/mol. The molecule has 3 aliphatic heterocycles. The first kappa shape index (κ1) is 27.4. The maximum Gasteiger partial charge on any atom is 0.410 e. The number of benzene rings is 2. The number of carbonyl (C=O) groups is 2. The van der Waals surface area contributed by atoms with Crippen LogP contribution in [-0.2, 0) is 22.5 Å². The molecular formula is C33H40N4O4. The zero-order valence-corrected chi connectivity index (χ0v) is 25.0. The molecule has 2 saturated heterocycles. The van der Waals surface area contributed by atoms with Crippen molar-refractivity contribution in [1.82, 2.24) is 14.8 Å². The molecule has 3 aliphatic rings. The Bertz CT molecular complexity index is 1540. The van der Waals surface area contributed by atoms with Gasteiger partial charge in [0.2, 0.25) is 5.91 Å². The number of fused-ring (bicyclic) bond motifs is 2. The molecule has 2 fully saturated rings. The summed E-state index contributed by atoms with van der Waals surface area (Å²) in [6.45, 7) is 13.9. The number of hydrogen-bond acceptors (Lipinski definition) is 6. The lowest BCUT2D eigenvalue weighted by Crippen LogP contribution is -2.60. The quantitative estimate of drug-likeness (QED) is 0.420. The van der Waals surface area contributed by atoms with E-state index in [4.69, 9.17) is 14.5 Å². The van der Waals surface area contributed by atoms with Gasteiger partial charge in [0.25, 0.3) is 0 Å². The molecule has 0 N–H and O–H groups in total. The molecule has 4 heterocycles. The van der Waals surface area contributed by atoms with Crippen molar-refractivity contribution in [2.45, 2.75) is 59.6 Å². The fourth-order valence-corrected chi connectivity index (χ4v) is 6.81. The minimum absolute atomic E-state index is 0.0580. The Morgan fingerprint density at radius 2 is 1.80 bits per heavy atom. The first-order chi connectivity index (χ1) is 19.5. The number of carbonyl (C=O) groups excluding carboxylic acids is 2. The van der Waals surface area contributed by atoms with Crippen LogP contribution < -0.4 is 9.64 Å². The highest BCUT2D eigenvalue weighted by molar-refractivity contribution is 5.99. The number of aromatic nitrogens is 1. The van der Waals surface area contributed by atoms with Crippen LogP contribution in [0.15, 0.2) is 36.4 Å². The number of rotatable bonds is 3. The van der Waals surface area contributed by atoms with E-state index in [0.29, 0.717) is 26.2 Å². The van der Waals surface area contributed by atoms with Gasteiger partial charge in [-0.3, -0.25) is 4.79 Å². The van der Waals surface area contributed by atoms with Crippen molar-refractivity contribution >= 4 is 28.6 Å². The van der Waals surface area contributed by atoms with E-state index in [1.54, 1.807) is 14.0 Å². The Morgan fingerprint density at radius 1 is 1.02 bits per heavy atom. The Kier molecular flexibility index (Phi) is 6.63. The second-order valence-electron chi connectivity index (χ2n) is 13.0. The highest BCUT2D eigenvalue weighted by Gasteiger charge is 2.51. The molecule has 6 rings (SSSR count). The second kappa shape index (κ2) is 9.93. The van der Waals surface area contributed by atoms with Gasteiger partial charge in [0.15, 0.2) is 0 Å². The number of nitrogens with zero attached hydrogens (tertiary/aromatic N) is 4. The van der Waals surface area contributed by atoms with Gasteiger partial charge in [0.1, 0.15) is 17.2 Å². The molecule has 1 aromatic heterocycles. The first-order valence-corrected chi connectivity index (χ1v) is 14.5. The van der Waals surface area contributed by atoms with E-state index < -0.39 is 5.60 Å². The molecular weight excluding hydrogens is 516 g/mol. The van der Waals surface area contributed by atoms with Crippen LogP contribution in [0.2, 0.25) is 0 Å². The summed E-state index contributed by atoms with van der Waals surface area (Å²) in [7, 11) is 1.69. The molecule has 41 heavy (non-hydrogen) atoms. The Labute approximate surface area is 242 Å². The smallest absolute Gasteiger partial charge is 0.410 e. The molecule has 8 heteroatoms. The third-order valence-electron chi connectivity index (χ3n) is 8.82. The van der Waals surface area contributed by atoms with Gasteiger partial charge in [-0.1, -0.05) is 24.3 Å². The van der Waals surface area contributed by atoms with Gasteiger partial charge in [-0.2, -0.15) is 0 Å². The molecule has 8 nitrogen and oxygen atoms in total. The number of methoxy groups -OCH3 is 1. The summed E-state index contributed by atoms with van der Waals surface area (Å²) in [6, 6.07) is 12.7. The van der Waals surface area contributed by atoms with Crippen molar-refractivity contribution in [2.75, 3.05) is 44.7 Å². The summed E-state index contributed by atoms with van der Waals surface area (Å²) in [6.07, 6.45) is 1.55. The summed E-state index contributed by atoms with van der Waals surface area (Å²) in [5, 5.41) is 2.31. The first-order valence-electron chi connectivity index (χ1n) is 14.5. The number of hydrogen-bond donors (Lipinski definition) is 0. The lowest BCUT2D eigenvalue weighted by atomic mass is 9.79. The number of amides is 2. The van der Waals surface area contributed by atoms with E-state index in [1.807, 2.05) is 36.6 Å². The fraction of sp³-hybridized carbons (Fsp3) is 0.485. The van der Waals surface area contributed by atoms with Crippen molar-refractivity contribution in [1.29, 1.82) is 0 Å². The normalized spacial score (nSPS) is 18.0. The van der Waals surface area contributed by atoms with E-state index >= 15 is 0 Å². The largest absolute Gasteiger partial charge is 0.497 e. The Balaban J connectivity index is 1.37. The van der Waals surface area contributed by atoms with Crippen LogP contribution in [0.25, 0.3) is 21.9 Å². The van der Waals surface area contributed by atoms with Crippen molar-refractivity contribution in [2.24, 2.45) is 5.41 Å². The van der Waals surface area contributed by atoms with Gasteiger partial charge in [-0.05, 0) is 85.7 Å². The average Bonchev–Trinajstić information content (AvgIpc) is 3.36. The van der Waals surface area contributed by atoms with Crippen LogP contribution in [-0.4, -0.2) is 72.2 Å². The molecule has 0 atom stereocenters. The Hall–Kier alpha value is -3.81. The topological polar surface area (TPSA) is 75.2 Å². The van der Waals surface area contributed by atoms with E-state index in [2.05, 4.69) is 42.2 Å². The van der Waals surface area contributed by atoms with E-state index in [-0.39, 0.29) is 17.4 Å². The standard InChI is InChI=1S/C33H40N4O4/c1-21-29(26-9-7-8-23-16-24(40-6)10-11-25(23)26)27-12-14-35(22(2)38)17-28(27)34-30(21)36-15-13-33(18-36)19-37(20-33)31(39)41-32(3,4)5/h7-11,16H,12-15,17-20H2,1-6H3. The van der Waals surface area contributed by atoms with Crippen LogP contribution in [0.4, 0.5) is 10.6 Å². The molecule has 216 valence electrons. The Morgan fingerprint density at radius 3 is 2.51 bits per heavy atom. The van der Waals surface area contributed by atoms with Gasteiger partial charge in [-0.25, -0.2) is 9.78 Å². The molecule has 1 spiro atoms. The fourth-order valence-electron chi connectivity index (χ4n) is 6.81.